The van der Waals surface area contributed by atoms with Crippen molar-refractivity contribution in [2.24, 2.45) is 5.92 Å². The van der Waals surface area contributed by atoms with E-state index in [1.54, 1.807) is 0 Å². The molecule has 0 fully saturated rings. The second-order valence-corrected chi connectivity index (χ2v) is 4.08. The van der Waals surface area contributed by atoms with Crippen molar-refractivity contribution >= 4 is 0 Å². The van der Waals surface area contributed by atoms with Crippen LogP contribution in [0.15, 0.2) is 12.1 Å². The van der Waals surface area contributed by atoms with Crippen molar-refractivity contribution in [3.63, 3.8) is 0 Å². The molecule has 0 radical (unpaired) electrons. The highest BCUT2D eigenvalue weighted by molar-refractivity contribution is 5.29. The molecule has 0 aliphatic rings. The smallest absolute Gasteiger partial charge is 0.433 e. The van der Waals surface area contributed by atoms with Crippen molar-refractivity contribution in [1.29, 1.82) is 0 Å². The number of nitrogens with zero attached hydrogens (tertiary/aromatic N) is 1. The van der Waals surface area contributed by atoms with Gasteiger partial charge in [-0.15, -0.1) is 0 Å². The molecule has 1 aromatic rings. The molecule has 1 unspecified atom stereocenters. The molecule has 0 spiro atoms. The van der Waals surface area contributed by atoms with Crippen LogP contribution in [-0.2, 0) is 12.6 Å². The molecule has 0 saturated carbocycles. The first-order valence-electron chi connectivity index (χ1n) is 5.49. The average molecular weight is 247 g/mol. The van der Waals surface area contributed by atoms with Gasteiger partial charge in [0.1, 0.15) is 5.69 Å². The zero-order chi connectivity index (χ0) is 13.1. The van der Waals surface area contributed by atoms with Crippen molar-refractivity contribution in [3.8, 4) is 5.88 Å². The third kappa shape index (κ3) is 3.61. The van der Waals surface area contributed by atoms with Crippen LogP contribution in [0.1, 0.15) is 31.5 Å². The number of halogens is 3. The predicted octanol–water partition coefficient (Wildman–Crippen LogP) is 3.70. The number of rotatable bonds is 4. The zero-order valence-corrected chi connectivity index (χ0v) is 10.1. The number of pyridine rings is 1. The lowest BCUT2D eigenvalue weighted by molar-refractivity contribution is -0.141. The average Bonchev–Trinajstić information content (AvgIpc) is 2.27. The number of ether oxygens (including phenoxy) is 1. The summed E-state index contributed by atoms with van der Waals surface area (Å²) in [6.45, 7) is 4.08. The molecule has 1 rings (SSSR count). The van der Waals surface area contributed by atoms with Crippen LogP contribution in [0.25, 0.3) is 0 Å². The summed E-state index contributed by atoms with van der Waals surface area (Å²) in [5.41, 5.74) is -0.197. The highest BCUT2D eigenvalue weighted by Gasteiger charge is 2.33. The van der Waals surface area contributed by atoms with Crippen LogP contribution in [0.2, 0.25) is 0 Å². The van der Waals surface area contributed by atoms with E-state index >= 15 is 0 Å². The molecule has 1 heterocycles. The van der Waals surface area contributed by atoms with Gasteiger partial charge in [0.2, 0.25) is 5.88 Å². The van der Waals surface area contributed by atoms with E-state index in [-0.39, 0.29) is 5.88 Å². The molecule has 0 aliphatic heterocycles. The molecule has 0 amide bonds. The van der Waals surface area contributed by atoms with Gasteiger partial charge in [0, 0.05) is 5.56 Å². The fraction of sp³-hybridized carbons (Fsp3) is 0.583. The Labute approximate surface area is 98.8 Å². The summed E-state index contributed by atoms with van der Waals surface area (Å²) < 4.78 is 42.3. The summed E-state index contributed by atoms with van der Waals surface area (Å²) >= 11 is 0. The van der Waals surface area contributed by atoms with Gasteiger partial charge in [0.05, 0.1) is 7.11 Å². The van der Waals surface area contributed by atoms with Gasteiger partial charge in [-0.2, -0.15) is 13.2 Å². The van der Waals surface area contributed by atoms with Crippen LogP contribution in [0.4, 0.5) is 13.2 Å². The summed E-state index contributed by atoms with van der Waals surface area (Å²) in [7, 11) is 1.34. The summed E-state index contributed by atoms with van der Waals surface area (Å²) in [4.78, 5) is 3.50. The molecule has 2 nitrogen and oxygen atoms in total. The molecule has 0 aliphatic carbocycles. The predicted molar refractivity (Wildman–Crippen MR) is 59.0 cm³/mol. The van der Waals surface area contributed by atoms with Crippen molar-refractivity contribution in [3.05, 3.63) is 23.4 Å². The van der Waals surface area contributed by atoms with E-state index in [4.69, 9.17) is 4.74 Å². The Morgan fingerprint density at radius 3 is 2.47 bits per heavy atom. The summed E-state index contributed by atoms with van der Waals surface area (Å²) in [6.07, 6.45) is -2.79. The van der Waals surface area contributed by atoms with Gasteiger partial charge in [-0.1, -0.05) is 26.3 Å². The fourth-order valence-electron chi connectivity index (χ4n) is 1.48. The largest absolute Gasteiger partial charge is 0.481 e. The van der Waals surface area contributed by atoms with Crippen molar-refractivity contribution in [2.45, 2.75) is 32.9 Å². The maximum absolute atomic E-state index is 12.4. The summed E-state index contributed by atoms with van der Waals surface area (Å²) in [6, 6.07) is 2.45. The normalized spacial score (nSPS) is 13.5. The molecule has 1 atom stereocenters. The summed E-state index contributed by atoms with van der Waals surface area (Å²) in [5, 5.41) is 0. The van der Waals surface area contributed by atoms with Gasteiger partial charge >= 0.3 is 6.18 Å². The molecule has 96 valence electrons. The quantitative estimate of drug-likeness (QED) is 0.809. The van der Waals surface area contributed by atoms with Crippen molar-refractivity contribution in [2.75, 3.05) is 7.11 Å². The Bertz CT molecular complexity index is 377. The molecule has 5 heteroatoms. The highest BCUT2D eigenvalue weighted by Crippen LogP contribution is 2.30. The lowest BCUT2D eigenvalue weighted by Gasteiger charge is -2.13. The lowest BCUT2D eigenvalue weighted by atomic mass is 9.99. The minimum Gasteiger partial charge on any atom is -0.481 e. The Balaban J connectivity index is 3.01. The van der Waals surface area contributed by atoms with E-state index in [9.17, 15) is 13.2 Å². The first-order valence-corrected chi connectivity index (χ1v) is 5.49. The van der Waals surface area contributed by atoms with E-state index in [2.05, 4.69) is 4.98 Å². The van der Waals surface area contributed by atoms with Crippen LogP contribution in [0, 0.1) is 5.92 Å². The van der Waals surface area contributed by atoms with E-state index in [0.29, 0.717) is 12.3 Å². The number of aromatic nitrogens is 1. The molecular formula is C12H16F3NO. The van der Waals surface area contributed by atoms with Gasteiger partial charge < -0.3 is 4.74 Å². The third-order valence-electron chi connectivity index (χ3n) is 2.69. The van der Waals surface area contributed by atoms with Gasteiger partial charge in [0.15, 0.2) is 0 Å². The Morgan fingerprint density at radius 2 is 2.00 bits per heavy atom. The van der Waals surface area contributed by atoms with Crippen LogP contribution in [-0.4, -0.2) is 12.1 Å². The Morgan fingerprint density at radius 1 is 1.35 bits per heavy atom. The number of hydrogen-bond acceptors (Lipinski definition) is 2. The highest BCUT2D eigenvalue weighted by atomic mass is 19.4. The first kappa shape index (κ1) is 13.8. The van der Waals surface area contributed by atoms with Gasteiger partial charge in [-0.05, 0) is 18.4 Å². The molecule has 1 aromatic heterocycles. The van der Waals surface area contributed by atoms with Crippen LogP contribution >= 0.6 is 0 Å². The minimum absolute atomic E-state index is 0.0696. The summed E-state index contributed by atoms with van der Waals surface area (Å²) in [5.74, 6) is 0.461. The standard InChI is InChI=1S/C12H16F3NO/c1-4-8(2)7-9-5-6-10(12(13,14)15)16-11(9)17-3/h5-6,8H,4,7H2,1-3H3. The molecule has 0 aromatic carbocycles. The monoisotopic (exact) mass is 247 g/mol. The number of alkyl halides is 3. The lowest BCUT2D eigenvalue weighted by Crippen LogP contribution is -2.10. The zero-order valence-electron chi connectivity index (χ0n) is 10.1. The SMILES string of the molecule is CCC(C)Cc1ccc(C(F)(F)F)nc1OC. The van der Waals surface area contributed by atoms with Crippen molar-refractivity contribution < 1.29 is 17.9 Å². The third-order valence-corrected chi connectivity index (χ3v) is 2.69. The van der Waals surface area contributed by atoms with Gasteiger partial charge in [-0.3, -0.25) is 0 Å². The molecular weight excluding hydrogens is 231 g/mol. The maximum atomic E-state index is 12.4. The second kappa shape index (κ2) is 5.38. The Hall–Kier alpha value is -1.26. The maximum Gasteiger partial charge on any atom is 0.433 e. The van der Waals surface area contributed by atoms with E-state index in [1.807, 2.05) is 13.8 Å². The number of methoxy groups -OCH3 is 1. The first-order chi connectivity index (χ1) is 7.88. The van der Waals surface area contributed by atoms with E-state index in [1.165, 1.54) is 13.2 Å². The molecule has 17 heavy (non-hydrogen) atoms. The molecule has 0 saturated heterocycles. The van der Waals surface area contributed by atoms with E-state index in [0.717, 1.165) is 18.1 Å². The van der Waals surface area contributed by atoms with Gasteiger partial charge in [-0.25, -0.2) is 4.98 Å². The minimum atomic E-state index is -4.43. The van der Waals surface area contributed by atoms with Crippen LogP contribution in [0.5, 0.6) is 5.88 Å². The van der Waals surface area contributed by atoms with Gasteiger partial charge in [0.25, 0.3) is 0 Å². The van der Waals surface area contributed by atoms with Crippen LogP contribution in [0.3, 0.4) is 0 Å². The van der Waals surface area contributed by atoms with Crippen LogP contribution < -0.4 is 4.74 Å². The second-order valence-electron chi connectivity index (χ2n) is 4.08. The van der Waals surface area contributed by atoms with Crippen molar-refractivity contribution in [1.82, 2.24) is 4.98 Å². The molecule has 0 N–H and O–H groups in total. The topological polar surface area (TPSA) is 22.1 Å². The fourth-order valence-corrected chi connectivity index (χ4v) is 1.48. The molecule has 0 bridgehead atoms. The van der Waals surface area contributed by atoms with E-state index < -0.39 is 11.9 Å². The number of hydrogen-bond donors (Lipinski definition) is 0. The Kier molecular flexibility index (Phi) is 4.37.